The van der Waals surface area contributed by atoms with Gasteiger partial charge in [-0.05, 0) is 42.1 Å². The fraction of sp³-hybridized carbons (Fsp3) is 0.400. The highest BCUT2D eigenvalue weighted by Gasteiger charge is 2.32. The third-order valence-electron chi connectivity index (χ3n) is 3.88. The second-order valence-electron chi connectivity index (χ2n) is 5.05. The minimum Gasteiger partial charge on any atom is -0.493 e. The van der Waals surface area contributed by atoms with E-state index in [1.807, 2.05) is 23.1 Å². The van der Waals surface area contributed by atoms with E-state index in [4.69, 9.17) is 9.47 Å². The molecule has 0 spiro atoms. The molecule has 1 aliphatic heterocycles. The van der Waals surface area contributed by atoms with E-state index in [0.29, 0.717) is 16.4 Å². The summed E-state index contributed by atoms with van der Waals surface area (Å²) in [6.45, 7) is 0.746. The second kappa shape index (κ2) is 6.31. The Bertz CT molecular complexity index is 660. The lowest BCUT2D eigenvalue weighted by Gasteiger charge is -2.25. The summed E-state index contributed by atoms with van der Waals surface area (Å²) in [4.78, 5) is 15.0. The van der Waals surface area contributed by atoms with Crippen LogP contribution in [0.15, 0.2) is 24.4 Å². The van der Waals surface area contributed by atoms with E-state index < -0.39 is 0 Å². The molecule has 0 radical (unpaired) electrons. The minimum atomic E-state index is -0.00714. The molecule has 6 nitrogen and oxygen atoms in total. The molecule has 1 aromatic carbocycles. The van der Waals surface area contributed by atoms with Crippen LogP contribution in [0.5, 0.6) is 11.5 Å². The van der Waals surface area contributed by atoms with Gasteiger partial charge in [-0.1, -0.05) is 10.6 Å². The van der Waals surface area contributed by atoms with Crippen LogP contribution in [0, 0.1) is 0 Å². The number of aromatic nitrogens is 2. The predicted octanol–water partition coefficient (Wildman–Crippen LogP) is 2.53. The molecule has 0 saturated carbocycles. The number of carbonyl (C=O) groups is 1. The monoisotopic (exact) mass is 319 g/mol. The van der Waals surface area contributed by atoms with Gasteiger partial charge in [0.05, 0.1) is 26.5 Å². The summed E-state index contributed by atoms with van der Waals surface area (Å²) in [6.07, 6.45) is 3.45. The van der Waals surface area contributed by atoms with Gasteiger partial charge in [0.25, 0.3) is 5.91 Å². The second-order valence-corrected chi connectivity index (χ2v) is 5.84. The smallest absolute Gasteiger partial charge is 0.267 e. The van der Waals surface area contributed by atoms with Crippen LogP contribution in [0.2, 0.25) is 0 Å². The van der Waals surface area contributed by atoms with Gasteiger partial charge < -0.3 is 14.4 Å². The Kier molecular flexibility index (Phi) is 4.24. The molecule has 7 heteroatoms. The van der Waals surface area contributed by atoms with Crippen LogP contribution < -0.4 is 9.47 Å². The van der Waals surface area contributed by atoms with Crippen LogP contribution >= 0.6 is 11.5 Å². The Morgan fingerprint density at radius 2 is 2.14 bits per heavy atom. The van der Waals surface area contributed by atoms with E-state index in [1.165, 1.54) is 6.20 Å². The number of rotatable bonds is 4. The average molecular weight is 319 g/mol. The van der Waals surface area contributed by atoms with E-state index in [9.17, 15) is 4.79 Å². The highest BCUT2D eigenvalue weighted by molar-refractivity contribution is 7.07. The fourth-order valence-electron chi connectivity index (χ4n) is 2.82. The first-order chi connectivity index (χ1) is 10.7. The molecular formula is C15H17N3O3S. The summed E-state index contributed by atoms with van der Waals surface area (Å²) in [7, 11) is 3.22. The number of nitrogens with zero attached hydrogens (tertiary/aromatic N) is 3. The number of likely N-dealkylation sites (tertiary alicyclic amines) is 1. The quantitative estimate of drug-likeness (QED) is 0.866. The van der Waals surface area contributed by atoms with E-state index in [2.05, 4.69) is 9.59 Å². The van der Waals surface area contributed by atoms with Gasteiger partial charge in [0.2, 0.25) is 0 Å². The molecule has 1 saturated heterocycles. The zero-order chi connectivity index (χ0) is 15.5. The van der Waals surface area contributed by atoms with Crippen molar-refractivity contribution in [3.05, 3.63) is 34.8 Å². The number of hydrogen-bond donors (Lipinski definition) is 0. The highest BCUT2D eigenvalue weighted by atomic mass is 32.1. The van der Waals surface area contributed by atoms with Crippen LogP contribution in [-0.4, -0.2) is 41.2 Å². The standard InChI is InChI=1S/C15H17N3O3S/c1-20-12-6-5-10(8-13(12)21-2)11-4-3-7-18(11)15(19)14-9-16-17-22-14/h5-6,8-9,11H,3-4,7H2,1-2H3. The summed E-state index contributed by atoms with van der Waals surface area (Å²) in [5.41, 5.74) is 1.06. The molecule has 1 atom stereocenters. The Hall–Kier alpha value is -2.15. The van der Waals surface area contributed by atoms with Gasteiger partial charge in [-0.2, -0.15) is 0 Å². The van der Waals surface area contributed by atoms with Crippen LogP contribution in [0.3, 0.4) is 0 Å². The molecule has 2 heterocycles. The lowest BCUT2D eigenvalue weighted by molar-refractivity contribution is 0.0740. The molecule has 1 fully saturated rings. The molecule has 1 aliphatic rings. The van der Waals surface area contributed by atoms with Crippen molar-refractivity contribution in [3.63, 3.8) is 0 Å². The summed E-state index contributed by atoms with van der Waals surface area (Å²) >= 11 is 1.13. The Balaban J connectivity index is 1.88. The van der Waals surface area contributed by atoms with E-state index >= 15 is 0 Å². The van der Waals surface area contributed by atoms with Crippen LogP contribution in [0.25, 0.3) is 0 Å². The van der Waals surface area contributed by atoms with Crippen molar-refractivity contribution in [2.75, 3.05) is 20.8 Å². The van der Waals surface area contributed by atoms with Crippen molar-refractivity contribution in [3.8, 4) is 11.5 Å². The molecular weight excluding hydrogens is 302 g/mol. The molecule has 1 unspecified atom stereocenters. The number of amides is 1. The predicted molar refractivity (Wildman–Crippen MR) is 82.5 cm³/mol. The first-order valence-corrected chi connectivity index (χ1v) is 7.82. The Labute approximate surface area is 132 Å². The largest absolute Gasteiger partial charge is 0.493 e. The van der Waals surface area contributed by atoms with Crippen LogP contribution in [0.4, 0.5) is 0 Å². The van der Waals surface area contributed by atoms with Gasteiger partial charge in [-0.25, -0.2) is 0 Å². The maximum atomic E-state index is 12.6. The number of benzene rings is 1. The van der Waals surface area contributed by atoms with Gasteiger partial charge in [0.15, 0.2) is 11.5 Å². The van der Waals surface area contributed by atoms with E-state index in [0.717, 1.165) is 36.5 Å². The van der Waals surface area contributed by atoms with Gasteiger partial charge in [0.1, 0.15) is 4.88 Å². The minimum absolute atomic E-state index is 0.00714. The molecule has 22 heavy (non-hydrogen) atoms. The van der Waals surface area contributed by atoms with Crippen molar-refractivity contribution in [2.45, 2.75) is 18.9 Å². The van der Waals surface area contributed by atoms with Gasteiger partial charge in [0, 0.05) is 6.54 Å². The molecule has 0 bridgehead atoms. The number of methoxy groups -OCH3 is 2. The Morgan fingerprint density at radius 3 is 2.82 bits per heavy atom. The third-order valence-corrected chi connectivity index (χ3v) is 4.53. The molecule has 0 N–H and O–H groups in total. The molecule has 1 aromatic heterocycles. The zero-order valence-electron chi connectivity index (χ0n) is 12.5. The summed E-state index contributed by atoms with van der Waals surface area (Å²) in [5, 5.41) is 3.75. The summed E-state index contributed by atoms with van der Waals surface area (Å²) in [6, 6.07) is 5.86. The lowest BCUT2D eigenvalue weighted by Crippen LogP contribution is -2.30. The van der Waals surface area contributed by atoms with Crippen molar-refractivity contribution in [2.24, 2.45) is 0 Å². The lowest BCUT2D eigenvalue weighted by atomic mass is 10.0. The maximum Gasteiger partial charge on any atom is 0.267 e. The fourth-order valence-corrected chi connectivity index (χ4v) is 3.29. The topological polar surface area (TPSA) is 64.5 Å². The first-order valence-electron chi connectivity index (χ1n) is 7.05. The van der Waals surface area contributed by atoms with Crippen molar-refractivity contribution >= 4 is 17.4 Å². The SMILES string of the molecule is COc1ccc(C2CCCN2C(=O)c2cnns2)cc1OC. The maximum absolute atomic E-state index is 12.6. The van der Waals surface area contributed by atoms with Gasteiger partial charge in [-0.3, -0.25) is 4.79 Å². The van der Waals surface area contributed by atoms with E-state index in [1.54, 1.807) is 14.2 Å². The zero-order valence-corrected chi connectivity index (χ0v) is 13.3. The highest BCUT2D eigenvalue weighted by Crippen LogP contribution is 2.37. The number of ether oxygens (including phenoxy) is 2. The van der Waals surface area contributed by atoms with Crippen LogP contribution in [0.1, 0.15) is 34.1 Å². The molecule has 116 valence electrons. The molecule has 0 aliphatic carbocycles. The average Bonchev–Trinajstić information content (AvgIpc) is 3.24. The normalized spacial score (nSPS) is 17.5. The number of carbonyl (C=O) groups excluding carboxylic acids is 1. The Morgan fingerprint density at radius 1 is 1.32 bits per heavy atom. The third kappa shape index (κ3) is 2.64. The number of hydrogen-bond acceptors (Lipinski definition) is 6. The summed E-state index contributed by atoms with van der Waals surface area (Å²) < 4.78 is 14.4. The van der Waals surface area contributed by atoms with Gasteiger partial charge in [-0.15, -0.1) is 5.10 Å². The molecule has 1 amide bonds. The van der Waals surface area contributed by atoms with Crippen LogP contribution in [-0.2, 0) is 0 Å². The van der Waals surface area contributed by atoms with Crippen molar-refractivity contribution in [1.29, 1.82) is 0 Å². The first kappa shape index (κ1) is 14.8. The van der Waals surface area contributed by atoms with Crippen molar-refractivity contribution in [1.82, 2.24) is 14.5 Å². The molecule has 3 rings (SSSR count). The van der Waals surface area contributed by atoms with Gasteiger partial charge >= 0.3 is 0 Å². The molecule has 2 aromatic rings. The summed E-state index contributed by atoms with van der Waals surface area (Å²) in [5.74, 6) is 1.36. The van der Waals surface area contributed by atoms with E-state index in [-0.39, 0.29) is 11.9 Å². The van der Waals surface area contributed by atoms with Crippen molar-refractivity contribution < 1.29 is 14.3 Å².